The van der Waals surface area contributed by atoms with Gasteiger partial charge in [0.15, 0.2) is 0 Å². The number of rotatable bonds is 4. The van der Waals surface area contributed by atoms with Crippen molar-refractivity contribution in [3.05, 3.63) is 53.1 Å². The Hall–Kier alpha value is -2.57. The van der Waals surface area contributed by atoms with E-state index in [-0.39, 0.29) is 23.4 Å². The zero-order valence-corrected chi connectivity index (χ0v) is 13.1. The van der Waals surface area contributed by atoms with Gasteiger partial charge in [0.1, 0.15) is 11.4 Å². The Morgan fingerprint density at radius 3 is 2.88 bits per heavy atom. The number of fused-ring (bicyclic) bond motifs is 1. The maximum Gasteiger partial charge on any atom is 0.387 e. The Morgan fingerprint density at radius 2 is 2.17 bits per heavy atom. The maximum atomic E-state index is 12.3. The molecule has 0 bridgehead atoms. The molecule has 0 saturated heterocycles. The van der Waals surface area contributed by atoms with Gasteiger partial charge in [0.05, 0.1) is 17.9 Å². The Kier molecular flexibility index (Phi) is 4.69. The van der Waals surface area contributed by atoms with Gasteiger partial charge >= 0.3 is 6.61 Å². The number of amides is 1. The summed E-state index contributed by atoms with van der Waals surface area (Å²) in [5.41, 5.74) is 2.84. The highest BCUT2D eigenvalue weighted by Crippen LogP contribution is 2.32. The lowest BCUT2D eigenvalue weighted by Gasteiger charge is -2.26. The van der Waals surface area contributed by atoms with Crippen LogP contribution in [0.4, 0.5) is 8.78 Å². The van der Waals surface area contributed by atoms with Crippen LogP contribution in [0.15, 0.2) is 30.6 Å². The zero-order valence-electron chi connectivity index (χ0n) is 13.1. The molecule has 1 heterocycles. The lowest BCUT2D eigenvalue weighted by molar-refractivity contribution is -0.0499. The quantitative estimate of drug-likeness (QED) is 0.933. The summed E-state index contributed by atoms with van der Waals surface area (Å²) in [7, 11) is 0. The van der Waals surface area contributed by atoms with E-state index in [0.717, 1.165) is 36.1 Å². The van der Waals surface area contributed by atoms with E-state index in [1.54, 1.807) is 19.1 Å². The van der Waals surface area contributed by atoms with Gasteiger partial charge in [0, 0.05) is 6.20 Å². The summed E-state index contributed by atoms with van der Waals surface area (Å²) in [6.07, 6.45) is 5.39. The van der Waals surface area contributed by atoms with E-state index in [1.165, 1.54) is 18.5 Å². The Morgan fingerprint density at radius 1 is 1.33 bits per heavy atom. The fourth-order valence-electron chi connectivity index (χ4n) is 2.86. The van der Waals surface area contributed by atoms with Crippen LogP contribution in [-0.4, -0.2) is 22.5 Å². The van der Waals surface area contributed by atoms with Crippen LogP contribution in [0.5, 0.6) is 5.75 Å². The molecule has 1 N–H and O–H groups in total. The highest BCUT2D eigenvalue weighted by atomic mass is 19.3. The predicted octanol–water partition coefficient (Wildman–Crippen LogP) is 3.19. The van der Waals surface area contributed by atoms with E-state index in [1.807, 2.05) is 0 Å². The molecule has 1 aliphatic carbocycles. The van der Waals surface area contributed by atoms with Gasteiger partial charge in [-0.1, -0.05) is 6.07 Å². The lowest BCUT2D eigenvalue weighted by Crippen LogP contribution is -2.31. The summed E-state index contributed by atoms with van der Waals surface area (Å²) in [6.45, 7) is -1.05. The van der Waals surface area contributed by atoms with Gasteiger partial charge in [-0.15, -0.1) is 0 Å². The monoisotopic (exact) mass is 333 g/mol. The summed E-state index contributed by atoms with van der Waals surface area (Å²) < 4.78 is 29.1. The largest absolute Gasteiger partial charge is 0.435 e. The first-order valence-corrected chi connectivity index (χ1v) is 7.70. The number of nitrogens with zero attached hydrogens (tertiary/aromatic N) is 2. The van der Waals surface area contributed by atoms with Crippen LogP contribution < -0.4 is 10.1 Å². The van der Waals surface area contributed by atoms with Crippen molar-refractivity contribution in [2.75, 3.05) is 0 Å². The first-order chi connectivity index (χ1) is 11.5. The fraction of sp³-hybridized carbons (Fsp3) is 0.353. The van der Waals surface area contributed by atoms with Crippen LogP contribution in [-0.2, 0) is 6.42 Å². The first-order valence-electron chi connectivity index (χ1n) is 7.70. The highest BCUT2D eigenvalue weighted by molar-refractivity contribution is 5.92. The second-order valence-electron chi connectivity index (χ2n) is 5.70. The number of hydrogen-bond acceptors (Lipinski definition) is 4. The number of carbonyl (C=O) groups excluding carboxylic acids is 1. The number of nitrogens with one attached hydrogen (secondary N) is 1. The fourth-order valence-corrected chi connectivity index (χ4v) is 2.86. The average molecular weight is 333 g/mol. The van der Waals surface area contributed by atoms with Crippen LogP contribution in [0.25, 0.3) is 0 Å². The molecular formula is C17H17F2N3O2. The molecule has 0 spiro atoms. The van der Waals surface area contributed by atoms with Crippen LogP contribution >= 0.6 is 0 Å². The molecule has 1 amide bonds. The molecule has 2 aromatic rings. The smallest absolute Gasteiger partial charge is 0.387 e. The van der Waals surface area contributed by atoms with Crippen molar-refractivity contribution in [2.45, 2.75) is 38.8 Å². The first kappa shape index (κ1) is 16.3. The van der Waals surface area contributed by atoms with Crippen LogP contribution in [0.3, 0.4) is 0 Å². The minimum atomic E-state index is -2.85. The predicted molar refractivity (Wildman–Crippen MR) is 83.0 cm³/mol. The van der Waals surface area contributed by atoms with E-state index in [9.17, 15) is 13.6 Å². The second kappa shape index (κ2) is 6.90. The molecule has 7 heteroatoms. The van der Waals surface area contributed by atoms with Gasteiger partial charge in [-0.3, -0.25) is 9.78 Å². The molecule has 5 nitrogen and oxygen atoms in total. The molecule has 1 aliphatic rings. The molecule has 3 rings (SSSR count). The third-order valence-corrected chi connectivity index (χ3v) is 3.97. The van der Waals surface area contributed by atoms with Crippen molar-refractivity contribution in [3.8, 4) is 5.75 Å². The number of aryl methyl sites for hydroxylation is 2. The van der Waals surface area contributed by atoms with Crippen molar-refractivity contribution >= 4 is 5.91 Å². The lowest BCUT2D eigenvalue weighted by atomic mass is 9.87. The Labute approximate surface area is 138 Å². The third kappa shape index (κ3) is 3.67. The molecule has 1 aromatic carbocycles. The van der Waals surface area contributed by atoms with Crippen molar-refractivity contribution in [1.29, 1.82) is 0 Å². The van der Waals surface area contributed by atoms with Gasteiger partial charge in [-0.2, -0.15) is 8.78 Å². The number of ether oxygens (including phenoxy) is 1. The molecule has 0 unspecified atom stereocenters. The Bertz CT molecular complexity index is 735. The van der Waals surface area contributed by atoms with Crippen molar-refractivity contribution in [1.82, 2.24) is 15.3 Å². The van der Waals surface area contributed by atoms with E-state index in [4.69, 9.17) is 0 Å². The van der Waals surface area contributed by atoms with Crippen molar-refractivity contribution in [2.24, 2.45) is 0 Å². The van der Waals surface area contributed by atoms with E-state index in [0.29, 0.717) is 0 Å². The summed E-state index contributed by atoms with van der Waals surface area (Å²) in [5, 5.41) is 2.94. The third-order valence-electron chi connectivity index (χ3n) is 3.97. The summed E-state index contributed by atoms with van der Waals surface area (Å²) >= 11 is 0. The van der Waals surface area contributed by atoms with Crippen molar-refractivity contribution < 1.29 is 18.3 Å². The van der Waals surface area contributed by atoms with E-state index in [2.05, 4.69) is 20.0 Å². The normalized spacial score (nSPS) is 16.6. The number of halogens is 2. The minimum absolute atomic E-state index is 0.139. The van der Waals surface area contributed by atoms with Gasteiger partial charge in [-0.25, -0.2) is 4.98 Å². The molecule has 0 saturated carbocycles. The summed E-state index contributed by atoms with van der Waals surface area (Å²) in [5.74, 6) is -0.159. The minimum Gasteiger partial charge on any atom is -0.435 e. The molecule has 0 fully saturated rings. The zero-order chi connectivity index (χ0) is 17.1. The van der Waals surface area contributed by atoms with Crippen LogP contribution in [0, 0.1) is 6.92 Å². The SMILES string of the molecule is Cc1cnc(C(=O)N[C@H]2CCCc3cc(OC(F)F)ccc32)cn1. The van der Waals surface area contributed by atoms with Gasteiger partial charge < -0.3 is 10.1 Å². The molecule has 24 heavy (non-hydrogen) atoms. The number of alkyl halides is 2. The average Bonchev–Trinajstić information content (AvgIpc) is 2.55. The highest BCUT2D eigenvalue weighted by Gasteiger charge is 2.23. The van der Waals surface area contributed by atoms with Gasteiger partial charge in [0.2, 0.25) is 0 Å². The standard InChI is InChI=1S/C17H17F2N3O2/c1-10-8-21-15(9-20-10)16(23)22-14-4-2-3-11-7-12(24-17(18)19)5-6-13(11)14/h5-9,14,17H,2-4H2,1H3,(H,22,23)/t14-/m0/s1. The topological polar surface area (TPSA) is 64.1 Å². The summed E-state index contributed by atoms with van der Waals surface area (Å²) in [4.78, 5) is 20.4. The van der Waals surface area contributed by atoms with Gasteiger partial charge in [0.25, 0.3) is 5.91 Å². The molecule has 126 valence electrons. The van der Waals surface area contributed by atoms with Gasteiger partial charge in [-0.05, 0) is 49.4 Å². The molecule has 1 aromatic heterocycles. The Balaban J connectivity index is 1.76. The molecule has 0 aliphatic heterocycles. The second-order valence-corrected chi connectivity index (χ2v) is 5.70. The van der Waals surface area contributed by atoms with E-state index >= 15 is 0 Å². The number of aromatic nitrogens is 2. The number of hydrogen-bond donors (Lipinski definition) is 1. The number of carbonyl (C=O) groups is 1. The van der Waals surface area contributed by atoms with Crippen molar-refractivity contribution in [3.63, 3.8) is 0 Å². The number of benzene rings is 1. The summed E-state index contributed by atoms with van der Waals surface area (Å²) in [6, 6.07) is 4.68. The van der Waals surface area contributed by atoms with Crippen LogP contribution in [0.1, 0.15) is 46.2 Å². The maximum absolute atomic E-state index is 12.3. The molecular weight excluding hydrogens is 316 g/mol. The van der Waals surface area contributed by atoms with E-state index < -0.39 is 6.61 Å². The molecule has 0 radical (unpaired) electrons. The molecule has 1 atom stereocenters. The van der Waals surface area contributed by atoms with Crippen LogP contribution in [0.2, 0.25) is 0 Å².